The first-order chi connectivity index (χ1) is 4.52. The Kier molecular flexibility index (Phi) is 1.23. The normalized spacial score (nSPS) is 11.9. The molecule has 0 aromatic carbocycles. The highest BCUT2D eigenvalue weighted by atomic mass is 19.4. The summed E-state index contributed by atoms with van der Waals surface area (Å²) in [5.74, 6) is -1.65. The third-order valence-corrected chi connectivity index (χ3v) is 0.695. The minimum absolute atomic E-state index is 0.681. The van der Waals surface area contributed by atoms with Crippen LogP contribution in [0.2, 0.25) is 0 Å². The number of hydrogen-bond acceptors (Lipinski definition) is 4. The van der Waals surface area contributed by atoms with Gasteiger partial charge in [-0.15, -0.1) is 5.10 Å². The Morgan fingerprint density at radius 1 is 1.40 bits per heavy atom. The minimum Gasteiger partial charge on any atom is -0.788 e. The van der Waals surface area contributed by atoms with E-state index in [2.05, 4.69) is 15.5 Å². The quantitative estimate of drug-likeness (QED) is 0.527. The summed E-state index contributed by atoms with van der Waals surface area (Å²) in [7, 11) is 0. The number of nitrogens with zero attached hydrogens (tertiary/aromatic N) is 4. The Morgan fingerprint density at radius 2 is 2.00 bits per heavy atom. The third kappa shape index (κ3) is 0.993. The van der Waals surface area contributed by atoms with Crippen LogP contribution in [0.3, 0.4) is 0 Å². The largest absolute Gasteiger partial charge is 0.788 e. The Labute approximate surface area is 52.0 Å². The van der Waals surface area contributed by atoms with Crippen LogP contribution in [-0.4, -0.2) is 20.4 Å². The Balaban J connectivity index is 3.05. The standard InChI is InChI=1S/C2F3N4O/c3-2(4,5)1-6-7-8-9(1)10/q-1. The van der Waals surface area contributed by atoms with Crippen LogP contribution in [0.25, 0.3) is 0 Å². The minimum atomic E-state index is -4.77. The average Bonchev–Trinajstić information content (AvgIpc) is 2.11. The molecule has 1 heterocycles. The summed E-state index contributed by atoms with van der Waals surface area (Å²) in [6.45, 7) is 0. The molecule has 8 heteroatoms. The van der Waals surface area contributed by atoms with Crippen molar-refractivity contribution in [3.63, 3.8) is 0 Å². The van der Waals surface area contributed by atoms with E-state index in [9.17, 15) is 18.4 Å². The second kappa shape index (κ2) is 1.82. The number of aromatic nitrogens is 4. The highest BCUT2D eigenvalue weighted by Crippen LogP contribution is 2.25. The zero-order chi connectivity index (χ0) is 7.78. The fourth-order valence-electron chi connectivity index (χ4n) is 0.344. The van der Waals surface area contributed by atoms with Crippen molar-refractivity contribution in [2.24, 2.45) is 0 Å². The van der Waals surface area contributed by atoms with Crippen molar-refractivity contribution in [1.29, 1.82) is 0 Å². The molecule has 1 rings (SSSR count). The van der Waals surface area contributed by atoms with Gasteiger partial charge < -0.3 is 5.21 Å². The highest BCUT2D eigenvalue weighted by molar-refractivity contribution is 4.87. The van der Waals surface area contributed by atoms with E-state index >= 15 is 0 Å². The number of halogens is 3. The van der Waals surface area contributed by atoms with Gasteiger partial charge in [0.05, 0.1) is 0 Å². The van der Waals surface area contributed by atoms with Crippen LogP contribution in [0.4, 0.5) is 13.2 Å². The highest BCUT2D eigenvalue weighted by Gasteiger charge is 2.36. The molecule has 0 fully saturated rings. The van der Waals surface area contributed by atoms with Crippen molar-refractivity contribution in [3.8, 4) is 0 Å². The van der Waals surface area contributed by atoms with Gasteiger partial charge in [0.2, 0.25) is 0 Å². The lowest BCUT2D eigenvalue weighted by molar-refractivity contribution is -0.146. The van der Waals surface area contributed by atoms with Crippen LogP contribution >= 0.6 is 0 Å². The summed E-state index contributed by atoms with van der Waals surface area (Å²) in [5.41, 5.74) is 0. The first kappa shape index (κ1) is 6.78. The predicted molar refractivity (Wildman–Crippen MR) is 21.6 cm³/mol. The van der Waals surface area contributed by atoms with Gasteiger partial charge in [-0.3, -0.25) is 4.85 Å². The molecule has 0 unspecified atom stereocenters. The first-order valence-electron chi connectivity index (χ1n) is 2.05. The molecule has 0 aliphatic rings. The molecule has 0 N–H and O–H groups in total. The van der Waals surface area contributed by atoms with Crippen LogP contribution in [0.5, 0.6) is 0 Å². The van der Waals surface area contributed by atoms with Crippen LogP contribution < -0.4 is 0 Å². The Bertz CT molecular complexity index is 229. The summed E-state index contributed by atoms with van der Waals surface area (Å²) in [4.78, 5) is -0.681. The van der Waals surface area contributed by atoms with Gasteiger partial charge in [-0.2, -0.15) is 13.2 Å². The Hall–Kier alpha value is -1.34. The van der Waals surface area contributed by atoms with Crippen molar-refractivity contribution in [1.82, 2.24) is 20.4 Å². The number of tetrazole rings is 1. The van der Waals surface area contributed by atoms with Crippen LogP contribution in [0, 0.1) is 5.21 Å². The van der Waals surface area contributed by atoms with Gasteiger partial charge in [0, 0.05) is 0 Å². The molecule has 0 saturated carbocycles. The molecule has 0 atom stereocenters. The van der Waals surface area contributed by atoms with Crippen molar-refractivity contribution < 1.29 is 13.2 Å². The van der Waals surface area contributed by atoms with Crippen molar-refractivity contribution >= 4 is 0 Å². The zero-order valence-corrected chi connectivity index (χ0v) is 4.33. The molecule has 5 nitrogen and oxygen atoms in total. The van der Waals surface area contributed by atoms with Crippen molar-refractivity contribution in [2.75, 3.05) is 0 Å². The molecule has 0 saturated heterocycles. The van der Waals surface area contributed by atoms with Gasteiger partial charge in [0.1, 0.15) is 0 Å². The van der Waals surface area contributed by atoms with E-state index < -0.39 is 16.8 Å². The molecule has 1 aromatic rings. The molecular weight excluding hydrogens is 153 g/mol. The van der Waals surface area contributed by atoms with E-state index in [-0.39, 0.29) is 0 Å². The SMILES string of the molecule is [O-]n1nnnc1C(F)(F)F. The fraction of sp³-hybridized carbons (Fsp3) is 0.500. The van der Waals surface area contributed by atoms with E-state index in [1.807, 2.05) is 0 Å². The maximum atomic E-state index is 11.5. The molecule has 10 heavy (non-hydrogen) atoms. The van der Waals surface area contributed by atoms with Gasteiger partial charge in [0.25, 0.3) is 5.82 Å². The van der Waals surface area contributed by atoms with Gasteiger partial charge in [-0.05, 0) is 10.4 Å². The monoisotopic (exact) mass is 153 g/mol. The van der Waals surface area contributed by atoms with Gasteiger partial charge in [-0.25, -0.2) is 0 Å². The summed E-state index contributed by atoms with van der Waals surface area (Å²) in [6.07, 6.45) is -4.77. The second-order valence-corrected chi connectivity index (χ2v) is 1.37. The van der Waals surface area contributed by atoms with E-state index in [4.69, 9.17) is 0 Å². The fourth-order valence-corrected chi connectivity index (χ4v) is 0.344. The number of hydrogen-bond donors (Lipinski definition) is 0. The van der Waals surface area contributed by atoms with Crippen LogP contribution in [0.15, 0.2) is 0 Å². The van der Waals surface area contributed by atoms with E-state index in [0.717, 1.165) is 0 Å². The molecule has 0 radical (unpaired) electrons. The number of rotatable bonds is 0. The molecule has 0 amide bonds. The number of alkyl halides is 3. The first-order valence-corrected chi connectivity index (χ1v) is 2.05. The van der Waals surface area contributed by atoms with Crippen LogP contribution in [-0.2, 0) is 6.18 Å². The lowest BCUT2D eigenvalue weighted by Gasteiger charge is -2.07. The molecule has 0 bridgehead atoms. The van der Waals surface area contributed by atoms with Crippen LogP contribution in [0.1, 0.15) is 5.82 Å². The maximum absolute atomic E-state index is 11.5. The molecule has 56 valence electrons. The zero-order valence-electron chi connectivity index (χ0n) is 4.33. The van der Waals surface area contributed by atoms with E-state index in [0.29, 0.717) is 0 Å². The second-order valence-electron chi connectivity index (χ2n) is 1.37. The molecule has 1 aromatic heterocycles. The maximum Gasteiger partial charge on any atom is 0.452 e. The summed E-state index contributed by atoms with van der Waals surface area (Å²) < 4.78 is 34.6. The Morgan fingerprint density at radius 3 is 2.20 bits per heavy atom. The van der Waals surface area contributed by atoms with Crippen molar-refractivity contribution in [3.05, 3.63) is 11.0 Å². The summed E-state index contributed by atoms with van der Waals surface area (Å²) in [5, 5.41) is 17.5. The molecule has 0 spiro atoms. The third-order valence-electron chi connectivity index (χ3n) is 0.695. The van der Waals surface area contributed by atoms with Crippen molar-refractivity contribution in [2.45, 2.75) is 6.18 Å². The summed E-state index contributed by atoms with van der Waals surface area (Å²) in [6, 6.07) is 0. The molecule has 0 aliphatic carbocycles. The van der Waals surface area contributed by atoms with E-state index in [1.54, 1.807) is 0 Å². The predicted octanol–water partition coefficient (Wildman–Crippen LogP) is 0.0378. The van der Waals surface area contributed by atoms with Gasteiger partial charge in [-0.1, -0.05) is 0 Å². The topological polar surface area (TPSA) is 66.7 Å². The van der Waals surface area contributed by atoms with Gasteiger partial charge >= 0.3 is 6.18 Å². The molecule has 0 aliphatic heterocycles. The lowest BCUT2D eigenvalue weighted by Crippen LogP contribution is -2.12. The van der Waals surface area contributed by atoms with E-state index in [1.165, 1.54) is 0 Å². The summed E-state index contributed by atoms with van der Waals surface area (Å²) >= 11 is 0. The average molecular weight is 153 g/mol. The molecular formula is C2F3N4O-. The lowest BCUT2D eigenvalue weighted by atomic mass is 10.6. The van der Waals surface area contributed by atoms with Gasteiger partial charge in [0.15, 0.2) is 0 Å². The smallest absolute Gasteiger partial charge is 0.452 e.